The van der Waals surface area contributed by atoms with E-state index in [1.807, 2.05) is 48.5 Å². The molecule has 0 saturated heterocycles. The molecule has 0 spiro atoms. The maximum atomic E-state index is 11.9. The highest BCUT2D eigenvalue weighted by Gasteiger charge is 2.21. The molecule has 1 N–H and O–H groups in total. The summed E-state index contributed by atoms with van der Waals surface area (Å²) in [6.07, 6.45) is 0. The Balaban J connectivity index is 1.82. The topological polar surface area (TPSA) is 83.5 Å². The fraction of sp³-hybridized carbons (Fsp3) is 0.179. The second kappa shape index (κ2) is 11.0. The number of thiophene rings is 1. The van der Waals surface area contributed by atoms with Crippen molar-refractivity contribution < 1.29 is 33.6 Å². The van der Waals surface area contributed by atoms with Crippen LogP contribution in [0.4, 0.5) is 0 Å². The number of ether oxygens (including phenoxy) is 5. The van der Waals surface area contributed by atoms with Gasteiger partial charge in [-0.15, -0.1) is 11.3 Å². The Kier molecular flexibility index (Phi) is 7.65. The molecule has 8 heteroatoms. The molecule has 0 amide bonds. The molecule has 0 aliphatic carbocycles. The largest absolute Gasteiger partial charge is 0.493 e. The highest BCUT2D eigenvalue weighted by atomic mass is 32.1. The van der Waals surface area contributed by atoms with Gasteiger partial charge in [0.25, 0.3) is 0 Å². The lowest BCUT2D eigenvalue weighted by atomic mass is 10.0. The van der Waals surface area contributed by atoms with E-state index in [0.29, 0.717) is 35.4 Å². The van der Waals surface area contributed by atoms with Crippen LogP contribution >= 0.6 is 11.3 Å². The quantitative estimate of drug-likeness (QED) is 0.267. The predicted molar refractivity (Wildman–Crippen MR) is 139 cm³/mol. The molecule has 0 radical (unpaired) electrons. The standard InChI is InChI=1S/C28H26O7S/c1-31-21-11-10-18(12-22(21)35-16-17-8-6-5-7-9-17)27-20(15-25(36-27)28(29)30)19-13-23(32-2)26(34-4)24(14-19)33-3/h5-15H,16H2,1-4H3,(H,29,30). The van der Waals surface area contributed by atoms with Crippen molar-refractivity contribution in [3.8, 4) is 50.3 Å². The van der Waals surface area contributed by atoms with Crippen LogP contribution in [0, 0.1) is 0 Å². The van der Waals surface area contributed by atoms with Crippen molar-refractivity contribution in [1.82, 2.24) is 0 Å². The van der Waals surface area contributed by atoms with Crippen LogP contribution in [0.15, 0.2) is 66.7 Å². The fourth-order valence-electron chi connectivity index (χ4n) is 3.83. The Labute approximate surface area is 213 Å². The van der Waals surface area contributed by atoms with Crippen LogP contribution in [-0.2, 0) is 6.61 Å². The highest BCUT2D eigenvalue weighted by Crippen LogP contribution is 2.47. The number of aromatic carboxylic acids is 1. The van der Waals surface area contributed by atoms with E-state index < -0.39 is 5.97 Å². The first-order chi connectivity index (χ1) is 17.5. The van der Waals surface area contributed by atoms with E-state index in [1.54, 1.807) is 25.3 Å². The molecular weight excluding hydrogens is 480 g/mol. The van der Waals surface area contributed by atoms with Gasteiger partial charge in [0.2, 0.25) is 5.75 Å². The van der Waals surface area contributed by atoms with E-state index in [2.05, 4.69) is 0 Å². The minimum atomic E-state index is -1.01. The van der Waals surface area contributed by atoms with Gasteiger partial charge in [0.15, 0.2) is 23.0 Å². The molecule has 4 aromatic rings. The molecule has 186 valence electrons. The van der Waals surface area contributed by atoms with Crippen molar-refractivity contribution >= 4 is 17.3 Å². The maximum Gasteiger partial charge on any atom is 0.345 e. The third kappa shape index (κ3) is 5.08. The molecule has 7 nitrogen and oxygen atoms in total. The average molecular weight is 507 g/mol. The zero-order valence-corrected chi connectivity index (χ0v) is 21.2. The smallest absolute Gasteiger partial charge is 0.345 e. The summed E-state index contributed by atoms with van der Waals surface area (Å²) in [5.41, 5.74) is 3.26. The summed E-state index contributed by atoms with van der Waals surface area (Å²) in [6.45, 7) is 0.366. The molecule has 0 fully saturated rings. The number of benzene rings is 3. The van der Waals surface area contributed by atoms with Crippen molar-refractivity contribution in [2.45, 2.75) is 6.61 Å². The van der Waals surface area contributed by atoms with Gasteiger partial charge in [-0.05, 0) is 53.1 Å². The van der Waals surface area contributed by atoms with Gasteiger partial charge in [-0.1, -0.05) is 30.3 Å². The van der Waals surface area contributed by atoms with E-state index in [4.69, 9.17) is 23.7 Å². The number of hydrogen-bond donors (Lipinski definition) is 1. The summed E-state index contributed by atoms with van der Waals surface area (Å²) in [6, 6.07) is 20.6. The molecule has 0 bridgehead atoms. The fourth-order valence-corrected chi connectivity index (χ4v) is 4.84. The summed E-state index contributed by atoms with van der Waals surface area (Å²) >= 11 is 1.18. The van der Waals surface area contributed by atoms with Gasteiger partial charge >= 0.3 is 5.97 Å². The Hall–Kier alpha value is -4.17. The maximum absolute atomic E-state index is 11.9. The van der Waals surface area contributed by atoms with E-state index in [9.17, 15) is 9.90 Å². The van der Waals surface area contributed by atoms with Crippen molar-refractivity contribution in [3.63, 3.8) is 0 Å². The van der Waals surface area contributed by atoms with E-state index in [-0.39, 0.29) is 4.88 Å². The molecule has 3 aromatic carbocycles. The van der Waals surface area contributed by atoms with Gasteiger partial charge in [-0.3, -0.25) is 0 Å². The lowest BCUT2D eigenvalue weighted by molar-refractivity contribution is 0.0702. The van der Waals surface area contributed by atoms with E-state index in [1.165, 1.54) is 32.7 Å². The van der Waals surface area contributed by atoms with Crippen LogP contribution in [-0.4, -0.2) is 39.5 Å². The third-order valence-electron chi connectivity index (χ3n) is 5.58. The van der Waals surface area contributed by atoms with Crippen LogP contribution in [0.5, 0.6) is 28.7 Å². The number of rotatable bonds is 10. The zero-order chi connectivity index (χ0) is 25.7. The van der Waals surface area contributed by atoms with Gasteiger partial charge in [0.1, 0.15) is 11.5 Å². The van der Waals surface area contributed by atoms with Crippen LogP contribution in [0.25, 0.3) is 21.6 Å². The van der Waals surface area contributed by atoms with Crippen LogP contribution in [0.2, 0.25) is 0 Å². The molecule has 0 unspecified atom stereocenters. The number of carboxylic acid groups (broad SMARTS) is 1. The Morgan fingerprint density at radius 1 is 0.750 bits per heavy atom. The SMILES string of the molecule is COc1ccc(-c2sc(C(=O)O)cc2-c2cc(OC)c(OC)c(OC)c2)cc1OCc1ccccc1. The molecule has 0 atom stereocenters. The first kappa shape index (κ1) is 24.9. The minimum absolute atomic E-state index is 0.205. The van der Waals surface area contributed by atoms with Gasteiger partial charge in [0.05, 0.1) is 28.4 Å². The van der Waals surface area contributed by atoms with Crippen LogP contribution in [0.3, 0.4) is 0 Å². The Morgan fingerprint density at radius 2 is 1.39 bits per heavy atom. The Morgan fingerprint density at radius 3 is 1.97 bits per heavy atom. The number of methoxy groups -OCH3 is 4. The molecule has 1 heterocycles. The summed E-state index contributed by atoms with van der Waals surface area (Å²) < 4.78 is 28.1. The predicted octanol–water partition coefficient (Wildman–Crippen LogP) is 6.39. The summed E-state index contributed by atoms with van der Waals surface area (Å²) in [4.78, 5) is 12.9. The normalized spacial score (nSPS) is 10.6. The molecule has 0 aliphatic heterocycles. The zero-order valence-electron chi connectivity index (χ0n) is 20.4. The lowest BCUT2D eigenvalue weighted by Crippen LogP contribution is -1.98. The van der Waals surface area contributed by atoms with Gasteiger partial charge < -0.3 is 28.8 Å². The lowest BCUT2D eigenvalue weighted by Gasteiger charge is -2.15. The van der Waals surface area contributed by atoms with Crippen molar-refractivity contribution in [3.05, 3.63) is 77.2 Å². The monoisotopic (exact) mass is 506 g/mol. The second-order valence-corrected chi connectivity index (χ2v) is 8.76. The molecule has 0 saturated carbocycles. The van der Waals surface area contributed by atoms with Gasteiger partial charge in [-0.25, -0.2) is 4.79 Å². The van der Waals surface area contributed by atoms with Crippen molar-refractivity contribution in [2.75, 3.05) is 28.4 Å². The molecule has 4 rings (SSSR count). The van der Waals surface area contributed by atoms with E-state index >= 15 is 0 Å². The highest BCUT2D eigenvalue weighted by molar-refractivity contribution is 7.18. The number of hydrogen-bond acceptors (Lipinski definition) is 7. The second-order valence-electron chi connectivity index (χ2n) is 7.71. The Bertz CT molecular complexity index is 1340. The van der Waals surface area contributed by atoms with Gasteiger partial charge in [0, 0.05) is 10.4 Å². The van der Waals surface area contributed by atoms with Gasteiger partial charge in [-0.2, -0.15) is 0 Å². The van der Waals surface area contributed by atoms with Crippen LogP contribution in [0.1, 0.15) is 15.2 Å². The molecule has 0 aliphatic rings. The third-order valence-corrected chi connectivity index (χ3v) is 6.75. The molecule has 36 heavy (non-hydrogen) atoms. The number of carboxylic acids is 1. The minimum Gasteiger partial charge on any atom is -0.493 e. The van der Waals surface area contributed by atoms with Crippen LogP contribution < -0.4 is 23.7 Å². The van der Waals surface area contributed by atoms with E-state index in [0.717, 1.165) is 27.1 Å². The number of carbonyl (C=O) groups is 1. The van der Waals surface area contributed by atoms with Crippen molar-refractivity contribution in [1.29, 1.82) is 0 Å². The average Bonchev–Trinajstić information content (AvgIpc) is 3.37. The summed E-state index contributed by atoms with van der Waals surface area (Å²) in [5, 5.41) is 9.74. The van der Waals surface area contributed by atoms with Crippen molar-refractivity contribution in [2.24, 2.45) is 0 Å². The molecule has 1 aromatic heterocycles. The summed E-state index contributed by atoms with van der Waals surface area (Å²) in [5.74, 6) is 1.54. The molecular formula is C28H26O7S. The first-order valence-corrected chi connectivity index (χ1v) is 11.8. The summed E-state index contributed by atoms with van der Waals surface area (Å²) in [7, 11) is 6.20. The first-order valence-electron chi connectivity index (χ1n) is 11.0.